The molecule has 29 heavy (non-hydrogen) atoms. The lowest BCUT2D eigenvalue weighted by molar-refractivity contribution is -0.144. The van der Waals surface area contributed by atoms with Crippen LogP contribution < -0.4 is 10.6 Å². The Morgan fingerprint density at radius 2 is 2.03 bits per heavy atom. The number of carbonyl (C=O) groups is 1. The molecule has 4 rings (SSSR count). The number of amides is 1. The van der Waals surface area contributed by atoms with E-state index in [1.807, 2.05) is 23.6 Å². The first kappa shape index (κ1) is 20.0. The zero-order valence-corrected chi connectivity index (χ0v) is 16.7. The Labute approximate surface area is 168 Å². The summed E-state index contributed by atoms with van der Waals surface area (Å²) in [4.78, 5) is 21.5. The van der Waals surface area contributed by atoms with Gasteiger partial charge in [0, 0.05) is 13.1 Å². The third-order valence-electron chi connectivity index (χ3n) is 5.79. The monoisotopic (exact) mass is 407 g/mol. The summed E-state index contributed by atoms with van der Waals surface area (Å²) in [6.45, 7) is 5.64. The minimum Gasteiger partial charge on any atom is -0.377 e. The summed E-state index contributed by atoms with van der Waals surface area (Å²) in [7, 11) is 0. The maximum Gasteiger partial charge on any atom is 0.243 e. The zero-order chi connectivity index (χ0) is 20.7. The van der Waals surface area contributed by atoms with E-state index in [9.17, 15) is 13.6 Å². The molecule has 0 saturated carbocycles. The molecule has 158 valence electrons. The van der Waals surface area contributed by atoms with Crippen molar-refractivity contribution < 1.29 is 18.3 Å². The fourth-order valence-corrected chi connectivity index (χ4v) is 4.33. The van der Waals surface area contributed by atoms with Gasteiger partial charge in [0.05, 0.1) is 42.4 Å². The molecule has 2 fully saturated rings. The lowest BCUT2D eigenvalue weighted by Gasteiger charge is -2.39. The first-order chi connectivity index (χ1) is 13.8. The second-order valence-electron chi connectivity index (χ2n) is 8.08. The van der Waals surface area contributed by atoms with Crippen LogP contribution in [0.4, 0.5) is 14.7 Å². The number of anilines is 1. The number of piperidine rings is 1. The van der Waals surface area contributed by atoms with Crippen LogP contribution in [0, 0.1) is 5.82 Å². The standard InChI is InChI=1S/C20H27F2N5O2/c1-12-10-29-11-13(2)27(12)19(28)9-26-18-7-14(21)3-4-17(18)24-20(26)25-6-5-15(22)16(23)8-25/h3-4,7,12-13,15-16H,5-6,8-11,23H2,1-2H3/t12?,13?,15-,16-/m1/s1. The van der Waals surface area contributed by atoms with Crippen LogP contribution in [0.1, 0.15) is 20.3 Å². The van der Waals surface area contributed by atoms with E-state index in [1.54, 1.807) is 10.6 Å². The summed E-state index contributed by atoms with van der Waals surface area (Å²) >= 11 is 0. The van der Waals surface area contributed by atoms with Crippen molar-refractivity contribution in [3.8, 4) is 0 Å². The lowest BCUT2D eigenvalue weighted by atomic mass is 10.1. The predicted octanol–water partition coefficient (Wildman–Crippen LogP) is 1.69. The molecule has 3 heterocycles. The first-order valence-electron chi connectivity index (χ1n) is 10.0. The van der Waals surface area contributed by atoms with Gasteiger partial charge in [-0.1, -0.05) is 0 Å². The molecule has 1 aromatic carbocycles. The SMILES string of the molecule is CC1COCC(C)N1C(=O)Cn1c(N2CC[C@@H](F)[C@H](N)C2)nc2ccc(F)cc21. The summed E-state index contributed by atoms with van der Waals surface area (Å²) < 4.78 is 35.1. The van der Waals surface area contributed by atoms with Crippen molar-refractivity contribution in [1.29, 1.82) is 0 Å². The summed E-state index contributed by atoms with van der Waals surface area (Å²) in [5, 5.41) is 0. The summed E-state index contributed by atoms with van der Waals surface area (Å²) in [5.41, 5.74) is 7.06. The third-order valence-corrected chi connectivity index (χ3v) is 5.79. The van der Waals surface area contributed by atoms with Crippen molar-refractivity contribution in [2.24, 2.45) is 5.73 Å². The number of hydrogen-bond acceptors (Lipinski definition) is 5. The molecule has 1 aromatic heterocycles. The molecule has 2 unspecified atom stereocenters. The van der Waals surface area contributed by atoms with Gasteiger partial charge in [-0.25, -0.2) is 13.8 Å². The molecule has 9 heteroatoms. The van der Waals surface area contributed by atoms with Gasteiger partial charge in [-0.3, -0.25) is 4.79 Å². The quantitative estimate of drug-likeness (QED) is 0.838. The predicted molar refractivity (Wildman–Crippen MR) is 106 cm³/mol. The van der Waals surface area contributed by atoms with E-state index in [4.69, 9.17) is 10.5 Å². The van der Waals surface area contributed by atoms with Crippen LogP contribution in [0.3, 0.4) is 0 Å². The van der Waals surface area contributed by atoms with Gasteiger partial charge in [-0.05, 0) is 38.5 Å². The van der Waals surface area contributed by atoms with E-state index < -0.39 is 18.0 Å². The van der Waals surface area contributed by atoms with E-state index in [2.05, 4.69) is 4.98 Å². The van der Waals surface area contributed by atoms with Crippen LogP contribution in [-0.2, 0) is 16.1 Å². The van der Waals surface area contributed by atoms with Crippen molar-refractivity contribution in [1.82, 2.24) is 14.5 Å². The highest BCUT2D eigenvalue weighted by molar-refractivity contribution is 5.83. The number of nitrogens with two attached hydrogens (primary N) is 1. The van der Waals surface area contributed by atoms with Gasteiger partial charge in [-0.15, -0.1) is 0 Å². The van der Waals surface area contributed by atoms with Gasteiger partial charge in [0.1, 0.15) is 18.5 Å². The lowest BCUT2D eigenvalue weighted by Crippen LogP contribution is -2.53. The number of fused-ring (bicyclic) bond motifs is 1. The molecular formula is C20H27F2N5O2. The largest absolute Gasteiger partial charge is 0.377 e. The number of rotatable bonds is 3. The Hall–Kier alpha value is -2.26. The Balaban J connectivity index is 1.70. The highest BCUT2D eigenvalue weighted by Gasteiger charge is 2.33. The number of carbonyl (C=O) groups excluding carboxylic acids is 1. The van der Waals surface area contributed by atoms with Gasteiger partial charge >= 0.3 is 0 Å². The molecule has 0 radical (unpaired) electrons. The molecule has 2 aliphatic heterocycles. The van der Waals surface area contributed by atoms with E-state index in [0.717, 1.165) is 0 Å². The molecule has 1 amide bonds. The second-order valence-corrected chi connectivity index (χ2v) is 8.08. The number of alkyl halides is 1. The maximum atomic E-state index is 14.0. The molecule has 2 N–H and O–H groups in total. The molecular weight excluding hydrogens is 380 g/mol. The van der Waals surface area contributed by atoms with Crippen molar-refractivity contribution in [3.63, 3.8) is 0 Å². The first-order valence-corrected chi connectivity index (χ1v) is 10.0. The zero-order valence-electron chi connectivity index (χ0n) is 16.7. The Kier molecular flexibility index (Phi) is 5.44. The smallest absolute Gasteiger partial charge is 0.243 e. The highest BCUT2D eigenvalue weighted by atomic mass is 19.1. The van der Waals surface area contributed by atoms with Crippen LogP contribution in [0.25, 0.3) is 11.0 Å². The van der Waals surface area contributed by atoms with Gasteiger partial charge in [0.15, 0.2) is 0 Å². The van der Waals surface area contributed by atoms with Gasteiger partial charge in [-0.2, -0.15) is 0 Å². The van der Waals surface area contributed by atoms with E-state index in [0.29, 0.717) is 49.7 Å². The Bertz CT molecular complexity index is 894. The maximum absolute atomic E-state index is 14.0. The van der Waals surface area contributed by atoms with Crippen LogP contribution in [0.2, 0.25) is 0 Å². The number of aromatic nitrogens is 2. The number of hydrogen-bond donors (Lipinski definition) is 1. The fraction of sp³-hybridized carbons (Fsp3) is 0.600. The molecule has 0 spiro atoms. The second kappa shape index (κ2) is 7.87. The molecule has 0 aliphatic carbocycles. The number of ether oxygens (including phenoxy) is 1. The van der Waals surface area contributed by atoms with Crippen LogP contribution in [-0.4, -0.2) is 71.0 Å². The van der Waals surface area contributed by atoms with Crippen LogP contribution >= 0.6 is 0 Å². The van der Waals surface area contributed by atoms with Crippen molar-refractivity contribution in [2.75, 3.05) is 31.2 Å². The normalized spacial score (nSPS) is 28.2. The van der Waals surface area contributed by atoms with Crippen LogP contribution in [0.5, 0.6) is 0 Å². The third kappa shape index (κ3) is 3.81. The molecule has 7 nitrogen and oxygen atoms in total. The fourth-order valence-electron chi connectivity index (χ4n) is 4.33. The number of benzene rings is 1. The van der Waals surface area contributed by atoms with Gasteiger partial charge in [0.25, 0.3) is 0 Å². The van der Waals surface area contributed by atoms with Gasteiger partial charge < -0.3 is 24.8 Å². The van der Waals surface area contributed by atoms with E-state index in [-0.39, 0.29) is 24.5 Å². The van der Waals surface area contributed by atoms with Crippen molar-refractivity contribution in [2.45, 2.75) is 51.1 Å². The molecule has 2 saturated heterocycles. The van der Waals surface area contributed by atoms with Gasteiger partial charge in [0.2, 0.25) is 11.9 Å². The Morgan fingerprint density at radius 3 is 2.72 bits per heavy atom. The van der Waals surface area contributed by atoms with E-state index in [1.165, 1.54) is 12.1 Å². The van der Waals surface area contributed by atoms with Crippen molar-refractivity contribution >= 4 is 22.9 Å². The van der Waals surface area contributed by atoms with Crippen LogP contribution in [0.15, 0.2) is 18.2 Å². The minimum atomic E-state index is -1.06. The average molecular weight is 407 g/mol. The number of halogens is 2. The number of morpholine rings is 1. The number of imidazole rings is 1. The molecule has 2 aliphatic rings. The molecule has 0 bridgehead atoms. The average Bonchev–Trinajstić information content (AvgIpc) is 3.01. The topological polar surface area (TPSA) is 76.6 Å². The summed E-state index contributed by atoms with van der Waals surface area (Å²) in [6, 6.07) is 3.61. The van der Waals surface area contributed by atoms with E-state index >= 15 is 0 Å². The number of nitrogens with zero attached hydrogens (tertiary/aromatic N) is 4. The summed E-state index contributed by atoms with van der Waals surface area (Å²) in [6.07, 6.45) is -0.761. The highest BCUT2D eigenvalue weighted by Crippen LogP contribution is 2.27. The molecule has 4 atom stereocenters. The molecule has 2 aromatic rings. The minimum absolute atomic E-state index is 0.0226. The summed E-state index contributed by atoms with van der Waals surface area (Å²) in [5.74, 6) is 0.0441. The Morgan fingerprint density at radius 1 is 1.31 bits per heavy atom. The van der Waals surface area contributed by atoms with Crippen molar-refractivity contribution in [3.05, 3.63) is 24.0 Å².